The molecule has 23 heavy (non-hydrogen) atoms. The molecule has 1 aromatic carbocycles. The highest BCUT2D eigenvalue weighted by Crippen LogP contribution is 2.19. The number of carbonyl (C=O) groups is 1. The number of hydrogen-bond donors (Lipinski definition) is 1. The van der Waals surface area contributed by atoms with E-state index >= 15 is 0 Å². The van der Waals surface area contributed by atoms with Crippen LogP contribution in [-0.2, 0) is 13.0 Å². The number of benzene rings is 1. The summed E-state index contributed by atoms with van der Waals surface area (Å²) in [6, 6.07) is 10.3. The van der Waals surface area contributed by atoms with E-state index in [1.807, 2.05) is 43.7 Å². The third-order valence-corrected chi connectivity index (χ3v) is 3.70. The van der Waals surface area contributed by atoms with Gasteiger partial charge in [0.1, 0.15) is 0 Å². The van der Waals surface area contributed by atoms with Crippen molar-refractivity contribution in [2.45, 2.75) is 53.6 Å². The molecule has 0 atom stereocenters. The Morgan fingerprint density at radius 2 is 1.83 bits per heavy atom. The standard InChI is InChI=1S/C19H27N3O/c1-13(2)11-17-18(19(23)20-14(3)4)15(5)22(21-17)12-16-9-7-6-8-10-16/h6-10,13-14H,11-12H2,1-5H3,(H,20,23). The zero-order valence-electron chi connectivity index (χ0n) is 14.8. The van der Waals surface area contributed by atoms with Gasteiger partial charge < -0.3 is 5.32 Å². The molecular weight excluding hydrogens is 286 g/mol. The van der Waals surface area contributed by atoms with E-state index in [0.717, 1.165) is 23.4 Å². The molecule has 0 aliphatic rings. The van der Waals surface area contributed by atoms with Gasteiger partial charge in [0, 0.05) is 11.7 Å². The Morgan fingerprint density at radius 1 is 1.17 bits per heavy atom. The van der Waals surface area contributed by atoms with Gasteiger partial charge in [0.05, 0.1) is 17.8 Å². The molecular formula is C19H27N3O. The highest BCUT2D eigenvalue weighted by atomic mass is 16.1. The van der Waals surface area contributed by atoms with Crippen LogP contribution in [0.5, 0.6) is 0 Å². The number of nitrogens with one attached hydrogen (secondary N) is 1. The summed E-state index contributed by atoms with van der Waals surface area (Å²) in [6.45, 7) is 10.9. The van der Waals surface area contributed by atoms with Crippen molar-refractivity contribution in [2.24, 2.45) is 5.92 Å². The first-order valence-electron chi connectivity index (χ1n) is 8.29. The zero-order chi connectivity index (χ0) is 17.0. The lowest BCUT2D eigenvalue weighted by atomic mass is 10.0. The van der Waals surface area contributed by atoms with Crippen molar-refractivity contribution < 1.29 is 4.79 Å². The molecule has 0 saturated carbocycles. The van der Waals surface area contributed by atoms with E-state index in [1.54, 1.807) is 0 Å². The molecule has 0 aliphatic carbocycles. The fraction of sp³-hybridized carbons (Fsp3) is 0.474. The molecule has 1 aromatic heterocycles. The smallest absolute Gasteiger partial charge is 0.255 e. The summed E-state index contributed by atoms with van der Waals surface area (Å²) in [5.74, 6) is 0.438. The first-order chi connectivity index (χ1) is 10.9. The Balaban J connectivity index is 2.37. The van der Waals surface area contributed by atoms with Crippen LogP contribution >= 0.6 is 0 Å². The molecule has 0 unspecified atom stereocenters. The van der Waals surface area contributed by atoms with Crippen LogP contribution < -0.4 is 5.32 Å². The number of aromatic nitrogens is 2. The third-order valence-electron chi connectivity index (χ3n) is 3.70. The second-order valence-electron chi connectivity index (χ2n) is 6.78. The topological polar surface area (TPSA) is 46.9 Å². The van der Waals surface area contributed by atoms with E-state index in [1.165, 1.54) is 5.56 Å². The maximum atomic E-state index is 12.6. The zero-order valence-corrected chi connectivity index (χ0v) is 14.8. The predicted octanol–water partition coefficient (Wildman–Crippen LogP) is 3.58. The fourth-order valence-electron chi connectivity index (χ4n) is 2.68. The molecule has 2 rings (SSSR count). The molecule has 0 spiro atoms. The number of amides is 1. The molecule has 0 fully saturated rings. The van der Waals surface area contributed by atoms with E-state index in [-0.39, 0.29) is 11.9 Å². The van der Waals surface area contributed by atoms with Crippen molar-refractivity contribution in [1.82, 2.24) is 15.1 Å². The maximum absolute atomic E-state index is 12.6. The highest BCUT2D eigenvalue weighted by molar-refractivity contribution is 5.96. The molecule has 1 heterocycles. The van der Waals surface area contributed by atoms with Gasteiger partial charge in [-0.3, -0.25) is 9.48 Å². The van der Waals surface area contributed by atoms with Crippen LogP contribution in [0.4, 0.5) is 0 Å². The summed E-state index contributed by atoms with van der Waals surface area (Å²) in [5.41, 5.74) is 3.75. The molecule has 4 heteroatoms. The summed E-state index contributed by atoms with van der Waals surface area (Å²) in [7, 11) is 0. The van der Waals surface area contributed by atoms with Crippen LogP contribution in [0.25, 0.3) is 0 Å². The molecule has 0 saturated heterocycles. The van der Waals surface area contributed by atoms with Crippen LogP contribution in [-0.4, -0.2) is 21.7 Å². The number of hydrogen-bond acceptors (Lipinski definition) is 2. The molecule has 124 valence electrons. The Morgan fingerprint density at radius 3 is 2.39 bits per heavy atom. The highest BCUT2D eigenvalue weighted by Gasteiger charge is 2.22. The molecule has 0 radical (unpaired) electrons. The van der Waals surface area contributed by atoms with Gasteiger partial charge in [-0.05, 0) is 38.7 Å². The molecule has 4 nitrogen and oxygen atoms in total. The van der Waals surface area contributed by atoms with Gasteiger partial charge in [-0.2, -0.15) is 5.10 Å². The predicted molar refractivity (Wildman–Crippen MR) is 93.7 cm³/mol. The lowest BCUT2D eigenvalue weighted by Crippen LogP contribution is -2.31. The first-order valence-corrected chi connectivity index (χ1v) is 8.29. The summed E-state index contributed by atoms with van der Waals surface area (Å²) in [5, 5.41) is 7.73. The van der Waals surface area contributed by atoms with Crippen LogP contribution in [0.15, 0.2) is 30.3 Å². The minimum Gasteiger partial charge on any atom is -0.350 e. The largest absolute Gasteiger partial charge is 0.350 e. The van der Waals surface area contributed by atoms with E-state index < -0.39 is 0 Å². The summed E-state index contributed by atoms with van der Waals surface area (Å²) < 4.78 is 1.95. The van der Waals surface area contributed by atoms with Gasteiger partial charge in [0.15, 0.2) is 0 Å². The summed E-state index contributed by atoms with van der Waals surface area (Å²) in [6.07, 6.45) is 0.809. The van der Waals surface area contributed by atoms with Gasteiger partial charge >= 0.3 is 0 Å². The van der Waals surface area contributed by atoms with Gasteiger partial charge in [-0.1, -0.05) is 44.2 Å². The Hall–Kier alpha value is -2.10. The average Bonchev–Trinajstić information content (AvgIpc) is 2.74. The molecule has 1 N–H and O–H groups in total. The maximum Gasteiger partial charge on any atom is 0.255 e. The average molecular weight is 313 g/mol. The van der Waals surface area contributed by atoms with Gasteiger partial charge in [-0.15, -0.1) is 0 Å². The first kappa shape index (κ1) is 17.3. The minimum atomic E-state index is -0.0209. The van der Waals surface area contributed by atoms with E-state index in [4.69, 9.17) is 5.10 Å². The lowest BCUT2D eigenvalue weighted by Gasteiger charge is -2.10. The SMILES string of the molecule is Cc1c(C(=O)NC(C)C)c(CC(C)C)nn1Cc1ccccc1. The summed E-state index contributed by atoms with van der Waals surface area (Å²) in [4.78, 5) is 12.6. The van der Waals surface area contributed by atoms with Crippen LogP contribution in [0.3, 0.4) is 0 Å². The van der Waals surface area contributed by atoms with E-state index in [0.29, 0.717) is 12.5 Å². The van der Waals surface area contributed by atoms with Gasteiger partial charge in [-0.25, -0.2) is 0 Å². The van der Waals surface area contributed by atoms with Gasteiger partial charge in [0.25, 0.3) is 5.91 Å². The third kappa shape index (κ3) is 4.44. The number of carbonyl (C=O) groups excluding carboxylic acids is 1. The van der Waals surface area contributed by atoms with Crippen LogP contribution in [0.2, 0.25) is 0 Å². The van der Waals surface area contributed by atoms with Crippen molar-refractivity contribution in [2.75, 3.05) is 0 Å². The minimum absolute atomic E-state index is 0.0209. The quantitative estimate of drug-likeness (QED) is 0.886. The molecule has 0 bridgehead atoms. The second kappa shape index (κ2) is 7.44. The van der Waals surface area contributed by atoms with Gasteiger partial charge in [0.2, 0.25) is 0 Å². The molecule has 1 amide bonds. The van der Waals surface area contributed by atoms with Crippen molar-refractivity contribution >= 4 is 5.91 Å². The Kier molecular flexibility index (Phi) is 5.59. The van der Waals surface area contributed by atoms with E-state index in [2.05, 4.69) is 31.3 Å². The van der Waals surface area contributed by atoms with Crippen molar-refractivity contribution in [3.05, 3.63) is 52.8 Å². The van der Waals surface area contributed by atoms with Crippen molar-refractivity contribution in [3.8, 4) is 0 Å². The number of nitrogens with zero attached hydrogens (tertiary/aromatic N) is 2. The molecule has 0 aliphatic heterocycles. The monoisotopic (exact) mass is 313 g/mol. The fourth-order valence-corrected chi connectivity index (χ4v) is 2.68. The Labute approximate surface area is 138 Å². The second-order valence-corrected chi connectivity index (χ2v) is 6.78. The number of rotatable bonds is 6. The van der Waals surface area contributed by atoms with Crippen LogP contribution in [0, 0.1) is 12.8 Å². The van der Waals surface area contributed by atoms with Crippen molar-refractivity contribution in [1.29, 1.82) is 0 Å². The van der Waals surface area contributed by atoms with Crippen LogP contribution in [0.1, 0.15) is 55.0 Å². The molecule has 2 aromatic rings. The van der Waals surface area contributed by atoms with Crippen molar-refractivity contribution in [3.63, 3.8) is 0 Å². The van der Waals surface area contributed by atoms with E-state index in [9.17, 15) is 4.79 Å². The summed E-state index contributed by atoms with van der Waals surface area (Å²) >= 11 is 0. The Bertz CT molecular complexity index is 657. The lowest BCUT2D eigenvalue weighted by molar-refractivity contribution is 0.0941. The normalized spacial score (nSPS) is 11.3.